The third-order valence-corrected chi connectivity index (χ3v) is 4.08. The minimum Gasteiger partial charge on any atom is -0.486 e. The highest BCUT2D eigenvalue weighted by Crippen LogP contribution is 2.32. The molecule has 0 aliphatic carbocycles. The lowest BCUT2D eigenvalue weighted by Crippen LogP contribution is -2.09. The Balaban J connectivity index is 1.75. The number of aromatic nitrogens is 2. The van der Waals surface area contributed by atoms with E-state index in [2.05, 4.69) is 4.98 Å². The Morgan fingerprint density at radius 1 is 1.00 bits per heavy atom. The fourth-order valence-corrected chi connectivity index (χ4v) is 3.05. The highest BCUT2D eigenvalue weighted by molar-refractivity contribution is 6.34. The molecule has 3 nitrogen and oxygen atoms in total. The van der Waals surface area contributed by atoms with Crippen molar-refractivity contribution in [3.05, 3.63) is 81.6 Å². The highest BCUT2D eigenvalue weighted by Gasteiger charge is 2.31. The lowest BCUT2D eigenvalue weighted by molar-refractivity contribution is -0.137. The Morgan fingerprint density at radius 3 is 2.37 bits per heavy atom. The molecule has 0 aliphatic heterocycles. The molecule has 0 radical (unpaired) electrons. The first kappa shape index (κ1) is 19.5. The molecule has 27 heavy (non-hydrogen) atoms. The summed E-state index contributed by atoms with van der Waals surface area (Å²) >= 11 is 12.0. The minimum atomic E-state index is -4.66. The molecular weight excluding hydrogens is 407 g/mol. The summed E-state index contributed by atoms with van der Waals surface area (Å²) in [5.41, 5.74) is -0.300. The summed E-state index contributed by atoms with van der Waals surface area (Å²) in [5.74, 6) is -0.816. The van der Waals surface area contributed by atoms with Gasteiger partial charge in [0.05, 0.1) is 5.56 Å². The van der Waals surface area contributed by atoms with E-state index in [4.69, 9.17) is 27.9 Å². The van der Waals surface area contributed by atoms with Gasteiger partial charge in [0.1, 0.15) is 24.0 Å². The molecule has 0 saturated carbocycles. The van der Waals surface area contributed by atoms with Crippen LogP contribution in [-0.4, -0.2) is 9.55 Å². The predicted molar refractivity (Wildman–Crippen MR) is 93.5 cm³/mol. The van der Waals surface area contributed by atoms with Crippen molar-refractivity contribution in [2.45, 2.75) is 19.3 Å². The zero-order valence-electron chi connectivity index (χ0n) is 13.6. The SMILES string of the molecule is Fc1cc(OCc2nccn2Cc2cc(Cl)cc(Cl)c2)cc(C(F)(F)F)c1. The Morgan fingerprint density at radius 2 is 1.70 bits per heavy atom. The molecule has 3 rings (SSSR count). The van der Waals surface area contributed by atoms with Crippen molar-refractivity contribution in [3.8, 4) is 5.75 Å². The molecule has 0 aliphatic rings. The van der Waals surface area contributed by atoms with E-state index in [1.54, 1.807) is 29.0 Å². The topological polar surface area (TPSA) is 27.1 Å². The van der Waals surface area contributed by atoms with E-state index in [0.29, 0.717) is 28.5 Å². The Kier molecular flexibility index (Phi) is 5.62. The minimum absolute atomic E-state index is 0.137. The first-order valence-electron chi connectivity index (χ1n) is 7.66. The van der Waals surface area contributed by atoms with Crippen molar-refractivity contribution >= 4 is 23.2 Å². The van der Waals surface area contributed by atoms with Gasteiger partial charge in [-0.1, -0.05) is 23.2 Å². The van der Waals surface area contributed by atoms with Gasteiger partial charge in [-0.15, -0.1) is 0 Å². The number of imidazole rings is 1. The zero-order chi connectivity index (χ0) is 19.6. The van der Waals surface area contributed by atoms with Gasteiger partial charge in [-0.05, 0) is 35.9 Å². The second-order valence-electron chi connectivity index (χ2n) is 5.71. The van der Waals surface area contributed by atoms with Crippen LogP contribution in [0.1, 0.15) is 17.0 Å². The number of nitrogens with zero attached hydrogens (tertiary/aromatic N) is 2. The molecule has 3 aromatic rings. The number of hydrogen-bond acceptors (Lipinski definition) is 2. The fourth-order valence-electron chi connectivity index (χ4n) is 2.48. The molecule has 1 aromatic heterocycles. The second kappa shape index (κ2) is 7.78. The third kappa shape index (κ3) is 5.14. The van der Waals surface area contributed by atoms with Crippen molar-refractivity contribution in [1.29, 1.82) is 0 Å². The Bertz CT molecular complexity index is 937. The van der Waals surface area contributed by atoms with Gasteiger partial charge in [-0.3, -0.25) is 0 Å². The summed E-state index contributed by atoms with van der Waals surface area (Å²) in [4.78, 5) is 4.12. The quantitative estimate of drug-likeness (QED) is 0.476. The van der Waals surface area contributed by atoms with Crippen LogP contribution in [0.15, 0.2) is 48.8 Å². The zero-order valence-corrected chi connectivity index (χ0v) is 15.1. The van der Waals surface area contributed by atoms with E-state index in [9.17, 15) is 17.6 Å². The van der Waals surface area contributed by atoms with Gasteiger partial charge in [0.2, 0.25) is 0 Å². The number of alkyl halides is 3. The van der Waals surface area contributed by atoms with Gasteiger partial charge in [0.25, 0.3) is 0 Å². The molecule has 1 heterocycles. The molecule has 0 fully saturated rings. The van der Waals surface area contributed by atoms with Crippen molar-refractivity contribution in [3.63, 3.8) is 0 Å². The van der Waals surface area contributed by atoms with Crippen LogP contribution < -0.4 is 4.74 Å². The van der Waals surface area contributed by atoms with E-state index in [1.165, 1.54) is 6.20 Å². The maximum atomic E-state index is 13.4. The monoisotopic (exact) mass is 418 g/mol. The number of benzene rings is 2. The van der Waals surface area contributed by atoms with Crippen LogP contribution in [0.25, 0.3) is 0 Å². The van der Waals surface area contributed by atoms with Crippen molar-refractivity contribution in [2.24, 2.45) is 0 Å². The van der Waals surface area contributed by atoms with E-state index in [0.717, 1.165) is 17.7 Å². The van der Waals surface area contributed by atoms with Crippen molar-refractivity contribution < 1.29 is 22.3 Å². The van der Waals surface area contributed by atoms with E-state index >= 15 is 0 Å². The molecule has 0 spiro atoms. The molecule has 9 heteroatoms. The maximum Gasteiger partial charge on any atom is 0.416 e. The summed E-state index contributed by atoms with van der Waals surface area (Å²) in [5, 5.41) is 0.963. The number of ether oxygens (including phenoxy) is 1. The first-order valence-corrected chi connectivity index (χ1v) is 8.42. The van der Waals surface area contributed by atoms with Crippen molar-refractivity contribution in [2.75, 3.05) is 0 Å². The molecule has 0 bridgehead atoms. The van der Waals surface area contributed by atoms with Crippen LogP contribution in [0.5, 0.6) is 5.75 Å². The molecule has 0 amide bonds. The highest BCUT2D eigenvalue weighted by atomic mass is 35.5. The lowest BCUT2D eigenvalue weighted by Gasteiger charge is -2.12. The average Bonchev–Trinajstić information content (AvgIpc) is 2.97. The van der Waals surface area contributed by atoms with Crippen LogP contribution in [0.2, 0.25) is 10.0 Å². The summed E-state index contributed by atoms with van der Waals surface area (Å²) in [6.07, 6.45) is -1.46. The number of hydrogen-bond donors (Lipinski definition) is 0. The molecule has 2 aromatic carbocycles. The number of rotatable bonds is 5. The van der Waals surface area contributed by atoms with Gasteiger partial charge in [0.15, 0.2) is 0 Å². The van der Waals surface area contributed by atoms with Crippen molar-refractivity contribution in [1.82, 2.24) is 9.55 Å². The van der Waals surface area contributed by atoms with Crippen LogP contribution in [-0.2, 0) is 19.3 Å². The van der Waals surface area contributed by atoms with E-state index in [1.807, 2.05) is 0 Å². The smallest absolute Gasteiger partial charge is 0.416 e. The van der Waals surface area contributed by atoms with E-state index < -0.39 is 17.6 Å². The van der Waals surface area contributed by atoms with Gasteiger partial charge in [-0.25, -0.2) is 9.37 Å². The van der Waals surface area contributed by atoms with Gasteiger partial charge < -0.3 is 9.30 Å². The molecule has 142 valence electrons. The molecule has 0 unspecified atom stereocenters. The molecule has 0 saturated heterocycles. The van der Waals surface area contributed by atoms with Crippen LogP contribution >= 0.6 is 23.2 Å². The fraction of sp³-hybridized carbons (Fsp3) is 0.167. The van der Waals surface area contributed by atoms with Gasteiger partial charge >= 0.3 is 6.18 Å². The standard InChI is InChI=1S/C18H12Cl2F4N2O/c19-13-3-11(4-14(20)7-13)9-26-2-1-25-17(26)10-27-16-6-12(18(22,23)24)5-15(21)8-16/h1-8H,9-10H2. The summed E-state index contributed by atoms with van der Waals surface area (Å²) in [6, 6.07) is 7.12. The summed E-state index contributed by atoms with van der Waals surface area (Å²) in [6.45, 7) is 0.248. The predicted octanol–water partition coefficient (Wildman–Crippen LogP) is 5.98. The first-order chi connectivity index (χ1) is 12.7. The molecular formula is C18H12Cl2F4N2O. The summed E-state index contributed by atoms with van der Waals surface area (Å²) < 4.78 is 58.8. The van der Waals surface area contributed by atoms with Gasteiger partial charge in [0, 0.05) is 35.1 Å². The number of halogens is 6. The summed E-state index contributed by atoms with van der Waals surface area (Å²) in [7, 11) is 0. The second-order valence-corrected chi connectivity index (χ2v) is 6.58. The lowest BCUT2D eigenvalue weighted by atomic mass is 10.2. The molecule has 0 N–H and O–H groups in total. The maximum absolute atomic E-state index is 13.4. The Hall–Kier alpha value is -2.25. The van der Waals surface area contributed by atoms with E-state index in [-0.39, 0.29) is 12.4 Å². The van der Waals surface area contributed by atoms with Crippen LogP contribution in [0, 0.1) is 5.82 Å². The average molecular weight is 419 g/mol. The Labute approximate surface area is 162 Å². The molecule has 0 atom stereocenters. The van der Waals surface area contributed by atoms with Crippen LogP contribution in [0.3, 0.4) is 0 Å². The third-order valence-electron chi connectivity index (χ3n) is 3.64. The van der Waals surface area contributed by atoms with Crippen LogP contribution in [0.4, 0.5) is 17.6 Å². The normalized spacial score (nSPS) is 11.6. The van der Waals surface area contributed by atoms with Gasteiger partial charge in [-0.2, -0.15) is 13.2 Å². The largest absolute Gasteiger partial charge is 0.486 e.